The highest BCUT2D eigenvalue weighted by atomic mass is 32.1. The molecular weight excluding hydrogens is 304 g/mol. The summed E-state index contributed by atoms with van der Waals surface area (Å²) in [5, 5.41) is 8.91. The summed E-state index contributed by atoms with van der Waals surface area (Å²) < 4.78 is 4.74. The topological polar surface area (TPSA) is 84.5 Å². The van der Waals surface area contributed by atoms with Gasteiger partial charge in [0.1, 0.15) is 5.54 Å². The van der Waals surface area contributed by atoms with Crippen molar-refractivity contribution in [3.8, 4) is 0 Å². The van der Waals surface area contributed by atoms with Crippen LogP contribution in [0.15, 0.2) is 16.8 Å². The third kappa shape index (κ3) is 5.14. The van der Waals surface area contributed by atoms with Gasteiger partial charge in [0.2, 0.25) is 5.91 Å². The van der Waals surface area contributed by atoms with Gasteiger partial charge >= 0.3 is 5.97 Å². The van der Waals surface area contributed by atoms with E-state index >= 15 is 0 Å². The van der Waals surface area contributed by atoms with E-state index < -0.39 is 11.5 Å². The van der Waals surface area contributed by atoms with Gasteiger partial charge in [-0.2, -0.15) is 11.3 Å². The lowest BCUT2D eigenvalue weighted by molar-refractivity contribution is -0.150. The fourth-order valence-corrected chi connectivity index (χ4v) is 2.73. The Morgan fingerprint density at radius 3 is 2.64 bits per heavy atom. The lowest BCUT2D eigenvalue weighted by atomic mass is 9.96. The first-order valence-electron chi connectivity index (χ1n) is 7.12. The maximum Gasteiger partial charge on any atom is 0.331 e. The molecule has 7 heteroatoms. The molecule has 1 atom stereocenters. The van der Waals surface area contributed by atoms with Crippen molar-refractivity contribution in [1.29, 1.82) is 0 Å². The second kappa shape index (κ2) is 8.53. The van der Waals surface area contributed by atoms with Crippen LogP contribution in [-0.4, -0.2) is 37.0 Å². The Kier molecular flexibility index (Phi) is 7.04. The molecule has 1 heterocycles. The van der Waals surface area contributed by atoms with Crippen LogP contribution in [0.2, 0.25) is 0 Å². The predicted octanol–water partition coefficient (Wildman–Crippen LogP) is 1.72. The summed E-state index contributed by atoms with van der Waals surface area (Å²) in [6.45, 7) is 3.78. The van der Waals surface area contributed by atoms with Gasteiger partial charge in [-0.3, -0.25) is 9.59 Å². The summed E-state index contributed by atoms with van der Waals surface area (Å²) in [6.07, 6.45) is 1.33. The van der Waals surface area contributed by atoms with Gasteiger partial charge in [-0.05, 0) is 24.8 Å². The third-order valence-corrected chi connectivity index (χ3v) is 3.91. The third-order valence-electron chi connectivity index (χ3n) is 3.22. The maximum absolute atomic E-state index is 12.0. The number of carbonyl (C=O) groups is 3. The molecule has 2 amide bonds. The standard InChI is InChI=1S/C15H22N2O4S/c1-4-7-15(2,14(20)21-3)17-12(18)5-8-16-13(19)11-6-9-22-10-11/h6,9-10H,4-5,7-8H2,1-3H3,(H,16,19)(H,17,18). The maximum atomic E-state index is 12.0. The number of thiophene rings is 1. The number of ether oxygens (including phenoxy) is 1. The number of carbonyl (C=O) groups excluding carboxylic acids is 3. The van der Waals surface area contributed by atoms with Gasteiger partial charge < -0.3 is 15.4 Å². The van der Waals surface area contributed by atoms with E-state index in [0.29, 0.717) is 12.0 Å². The molecule has 0 saturated carbocycles. The molecule has 122 valence electrons. The van der Waals surface area contributed by atoms with Crippen molar-refractivity contribution in [2.45, 2.75) is 38.6 Å². The first-order chi connectivity index (χ1) is 10.4. The van der Waals surface area contributed by atoms with Crippen LogP contribution >= 0.6 is 11.3 Å². The van der Waals surface area contributed by atoms with Gasteiger partial charge in [0.05, 0.1) is 7.11 Å². The smallest absolute Gasteiger partial charge is 0.331 e. The largest absolute Gasteiger partial charge is 0.467 e. The Hall–Kier alpha value is -1.89. The molecule has 22 heavy (non-hydrogen) atoms. The van der Waals surface area contributed by atoms with Crippen LogP contribution in [0.5, 0.6) is 0 Å². The molecule has 0 bridgehead atoms. The molecule has 1 aromatic rings. The molecule has 0 aromatic carbocycles. The first-order valence-corrected chi connectivity index (χ1v) is 8.07. The van der Waals surface area contributed by atoms with Crippen molar-refractivity contribution in [3.05, 3.63) is 22.4 Å². The zero-order valence-electron chi connectivity index (χ0n) is 13.1. The molecule has 0 aliphatic heterocycles. The summed E-state index contributed by atoms with van der Waals surface area (Å²) in [4.78, 5) is 35.5. The SMILES string of the molecule is CCCC(C)(NC(=O)CCNC(=O)c1ccsc1)C(=O)OC. The molecule has 0 aliphatic rings. The molecule has 1 rings (SSSR count). The van der Waals surface area contributed by atoms with Gasteiger partial charge in [-0.25, -0.2) is 4.79 Å². The van der Waals surface area contributed by atoms with Crippen LogP contribution in [0, 0.1) is 0 Å². The second-order valence-electron chi connectivity index (χ2n) is 5.14. The van der Waals surface area contributed by atoms with Crippen molar-refractivity contribution in [1.82, 2.24) is 10.6 Å². The molecular formula is C15H22N2O4S. The molecule has 0 fully saturated rings. The molecule has 1 aromatic heterocycles. The summed E-state index contributed by atoms with van der Waals surface area (Å²) in [5.41, 5.74) is -0.450. The van der Waals surface area contributed by atoms with Crippen molar-refractivity contribution >= 4 is 29.1 Å². The first kappa shape index (κ1) is 18.2. The van der Waals surface area contributed by atoms with Gasteiger partial charge in [0, 0.05) is 23.9 Å². The van der Waals surface area contributed by atoms with Crippen molar-refractivity contribution in [3.63, 3.8) is 0 Å². The normalized spacial score (nSPS) is 13.0. The fraction of sp³-hybridized carbons (Fsp3) is 0.533. The summed E-state index contributed by atoms with van der Waals surface area (Å²) >= 11 is 1.44. The second-order valence-corrected chi connectivity index (χ2v) is 5.92. The minimum atomic E-state index is -1.03. The Morgan fingerprint density at radius 2 is 2.09 bits per heavy atom. The van der Waals surface area contributed by atoms with E-state index in [2.05, 4.69) is 10.6 Å². The zero-order chi connectivity index (χ0) is 16.6. The minimum Gasteiger partial charge on any atom is -0.467 e. The molecule has 0 aliphatic carbocycles. The minimum absolute atomic E-state index is 0.103. The lowest BCUT2D eigenvalue weighted by Gasteiger charge is -2.27. The number of hydrogen-bond donors (Lipinski definition) is 2. The predicted molar refractivity (Wildman–Crippen MR) is 84.7 cm³/mol. The lowest BCUT2D eigenvalue weighted by Crippen LogP contribution is -2.53. The van der Waals surface area contributed by atoms with Crippen molar-refractivity contribution in [2.75, 3.05) is 13.7 Å². The Balaban J connectivity index is 2.44. The van der Waals surface area contributed by atoms with Gasteiger partial charge in [-0.15, -0.1) is 0 Å². The molecule has 0 spiro atoms. The van der Waals surface area contributed by atoms with E-state index in [0.717, 1.165) is 6.42 Å². The van der Waals surface area contributed by atoms with Crippen molar-refractivity contribution < 1.29 is 19.1 Å². The molecule has 1 unspecified atom stereocenters. The monoisotopic (exact) mass is 326 g/mol. The highest BCUT2D eigenvalue weighted by molar-refractivity contribution is 7.08. The van der Waals surface area contributed by atoms with E-state index in [-0.39, 0.29) is 24.8 Å². The van der Waals surface area contributed by atoms with Gasteiger partial charge in [0.15, 0.2) is 0 Å². The number of nitrogens with one attached hydrogen (secondary N) is 2. The highest BCUT2D eigenvalue weighted by Crippen LogP contribution is 2.14. The number of rotatable bonds is 8. The highest BCUT2D eigenvalue weighted by Gasteiger charge is 2.34. The van der Waals surface area contributed by atoms with E-state index in [1.54, 1.807) is 18.4 Å². The van der Waals surface area contributed by atoms with Crippen LogP contribution in [0.4, 0.5) is 0 Å². The van der Waals surface area contributed by atoms with Crippen LogP contribution in [0.1, 0.15) is 43.5 Å². The average molecular weight is 326 g/mol. The number of amides is 2. The molecule has 6 nitrogen and oxygen atoms in total. The van der Waals surface area contributed by atoms with Crippen LogP contribution in [0.3, 0.4) is 0 Å². The quantitative estimate of drug-likeness (QED) is 0.712. The van der Waals surface area contributed by atoms with Gasteiger partial charge in [0.25, 0.3) is 5.91 Å². The number of methoxy groups -OCH3 is 1. The molecule has 2 N–H and O–H groups in total. The van der Waals surface area contributed by atoms with Crippen LogP contribution in [0.25, 0.3) is 0 Å². The Bertz CT molecular complexity index is 516. The Morgan fingerprint density at radius 1 is 1.36 bits per heavy atom. The number of esters is 1. The van der Waals surface area contributed by atoms with E-state index in [1.165, 1.54) is 18.4 Å². The van der Waals surface area contributed by atoms with Gasteiger partial charge in [-0.1, -0.05) is 13.3 Å². The van der Waals surface area contributed by atoms with Crippen molar-refractivity contribution in [2.24, 2.45) is 0 Å². The molecule has 0 saturated heterocycles. The zero-order valence-corrected chi connectivity index (χ0v) is 13.9. The number of hydrogen-bond acceptors (Lipinski definition) is 5. The Labute approximate surface area is 134 Å². The van der Waals surface area contributed by atoms with E-state index in [1.807, 2.05) is 12.3 Å². The summed E-state index contributed by atoms with van der Waals surface area (Å²) in [7, 11) is 1.30. The average Bonchev–Trinajstić information content (AvgIpc) is 3.00. The summed E-state index contributed by atoms with van der Waals surface area (Å²) in [5.74, 6) is -0.977. The molecule has 0 radical (unpaired) electrons. The van der Waals surface area contributed by atoms with Crippen LogP contribution in [-0.2, 0) is 14.3 Å². The van der Waals surface area contributed by atoms with Crippen LogP contribution < -0.4 is 10.6 Å². The van der Waals surface area contributed by atoms with E-state index in [9.17, 15) is 14.4 Å². The fourth-order valence-electron chi connectivity index (χ4n) is 2.10. The summed E-state index contributed by atoms with van der Waals surface area (Å²) in [6, 6.07) is 1.72. The van der Waals surface area contributed by atoms with E-state index in [4.69, 9.17) is 4.74 Å².